The second-order valence-corrected chi connectivity index (χ2v) is 4.27. The standard InChI is InChI=1S/C10H15N2O2S.Y/c1-9-4-5-10(12-8-9)11-6-2-3-7-15(13)14;/h5,8H,2-3,6-7H2,1H3,(H,11,12)(H,13,14);/q-1;/p-1. The van der Waals surface area contributed by atoms with Crippen LogP contribution < -0.4 is 5.32 Å². The first kappa shape index (κ1) is 16.2. The van der Waals surface area contributed by atoms with Gasteiger partial charge in [0.2, 0.25) is 0 Å². The van der Waals surface area contributed by atoms with E-state index in [4.69, 9.17) is 0 Å². The van der Waals surface area contributed by atoms with Crippen LogP contribution in [0.5, 0.6) is 0 Å². The number of aromatic nitrogens is 1. The van der Waals surface area contributed by atoms with Crippen molar-refractivity contribution < 1.29 is 41.5 Å². The third-order valence-corrected chi connectivity index (χ3v) is 2.50. The zero-order valence-corrected chi connectivity index (χ0v) is 12.9. The molecule has 0 aliphatic rings. The number of pyridine rings is 1. The molecule has 1 N–H and O–H groups in total. The molecular weight excluding hydrogens is 301 g/mol. The van der Waals surface area contributed by atoms with E-state index in [1.54, 1.807) is 12.3 Å². The van der Waals surface area contributed by atoms with Crippen molar-refractivity contribution in [3.8, 4) is 0 Å². The van der Waals surface area contributed by atoms with Crippen LogP contribution in [0.2, 0.25) is 0 Å². The molecule has 1 rings (SSSR count). The zero-order valence-electron chi connectivity index (χ0n) is 9.23. The summed E-state index contributed by atoms with van der Waals surface area (Å²) in [6.45, 7) is 2.67. The minimum absolute atomic E-state index is 0. The second-order valence-electron chi connectivity index (χ2n) is 3.26. The van der Waals surface area contributed by atoms with Gasteiger partial charge < -0.3 is 14.9 Å². The molecule has 0 spiro atoms. The second kappa shape index (κ2) is 9.22. The quantitative estimate of drug-likeness (QED) is 0.488. The number of anilines is 1. The minimum Gasteiger partial charge on any atom is -0.772 e. The van der Waals surface area contributed by atoms with Gasteiger partial charge in [-0.25, -0.2) is 0 Å². The van der Waals surface area contributed by atoms with E-state index < -0.39 is 11.1 Å². The number of nitrogens with one attached hydrogen (secondary N) is 1. The van der Waals surface area contributed by atoms with Crippen LogP contribution in [0.25, 0.3) is 0 Å². The Labute approximate surface area is 124 Å². The van der Waals surface area contributed by atoms with E-state index in [-0.39, 0.29) is 38.5 Å². The summed E-state index contributed by atoms with van der Waals surface area (Å²) in [6.07, 6.45) is 3.25. The topological polar surface area (TPSA) is 65.0 Å². The Morgan fingerprint density at radius 1 is 1.56 bits per heavy atom. The van der Waals surface area contributed by atoms with Gasteiger partial charge in [0.1, 0.15) is 0 Å². The molecular formula is C10H14N2O2SY-2. The zero-order chi connectivity index (χ0) is 11.1. The molecule has 1 aromatic heterocycles. The van der Waals surface area contributed by atoms with Crippen LogP contribution in [0.1, 0.15) is 18.4 Å². The minimum atomic E-state index is -1.92. The molecule has 1 atom stereocenters. The van der Waals surface area contributed by atoms with Crippen LogP contribution in [0.4, 0.5) is 5.82 Å². The normalized spacial score (nSPS) is 11.6. The molecule has 0 aliphatic heterocycles. The van der Waals surface area contributed by atoms with Gasteiger partial charge in [0.15, 0.2) is 0 Å². The molecule has 6 heteroatoms. The molecule has 1 unspecified atom stereocenters. The number of aryl methyl sites for hydroxylation is 1. The van der Waals surface area contributed by atoms with Gasteiger partial charge in [0.25, 0.3) is 0 Å². The SMILES string of the molecule is Cc1[c-]cc(NCCCCS(=O)[O-])nc1.[Y]. The fraction of sp³-hybridized carbons (Fsp3) is 0.500. The summed E-state index contributed by atoms with van der Waals surface area (Å²) in [5.41, 5.74) is 1.00. The third kappa shape index (κ3) is 7.44. The first-order valence-electron chi connectivity index (χ1n) is 4.82. The Balaban J connectivity index is 0.00000225. The summed E-state index contributed by atoms with van der Waals surface area (Å²) < 4.78 is 20.5. The van der Waals surface area contributed by atoms with Crippen molar-refractivity contribution in [2.75, 3.05) is 17.6 Å². The van der Waals surface area contributed by atoms with Crippen LogP contribution in [0.3, 0.4) is 0 Å². The van der Waals surface area contributed by atoms with E-state index in [9.17, 15) is 8.76 Å². The van der Waals surface area contributed by atoms with E-state index >= 15 is 0 Å². The first-order valence-corrected chi connectivity index (χ1v) is 6.07. The van der Waals surface area contributed by atoms with Gasteiger partial charge in [-0.05, 0) is 12.8 Å². The molecule has 1 radical (unpaired) electrons. The summed E-state index contributed by atoms with van der Waals surface area (Å²) >= 11 is -1.92. The molecule has 1 heterocycles. The van der Waals surface area contributed by atoms with E-state index in [0.29, 0.717) is 6.42 Å². The molecule has 0 bridgehead atoms. The number of rotatable bonds is 6. The van der Waals surface area contributed by atoms with Crippen LogP contribution in [-0.4, -0.2) is 26.0 Å². The fourth-order valence-corrected chi connectivity index (χ4v) is 1.52. The van der Waals surface area contributed by atoms with Gasteiger partial charge in [-0.1, -0.05) is 24.2 Å². The van der Waals surface area contributed by atoms with Crippen molar-refractivity contribution >= 4 is 16.9 Å². The first-order chi connectivity index (χ1) is 7.18. The van der Waals surface area contributed by atoms with Crippen LogP contribution >= 0.6 is 0 Å². The summed E-state index contributed by atoms with van der Waals surface area (Å²) in [6, 6.07) is 4.83. The summed E-state index contributed by atoms with van der Waals surface area (Å²) in [5.74, 6) is 1.01. The van der Waals surface area contributed by atoms with E-state index in [2.05, 4.69) is 16.4 Å². The van der Waals surface area contributed by atoms with E-state index in [0.717, 1.165) is 24.3 Å². The van der Waals surface area contributed by atoms with Crippen molar-refractivity contribution in [2.24, 2.45) is 0 Å². The van der Waals surface area contributed by atoms with Crippen LogP contribution in [-0.2, 0) is 43.8 Å². The maximum atomic E-state index is 10.2. The molecule has 0 saturated carbocycles. The van der Waals surface area contributed by atoms with Crippen molar-refractivity contribution in [3.63, 3.8) is 0 Å². The molecule has 4 nitrogen and oxygen atoms in total. The Kier molecular flexibility index (Phi) is 9.32. The summed E-state index contributed by atoms with van der Waals surface area (Å²) in [4.78, 5) is 4.15. The molecule has 16 heavy (non-hydrogen) atoms. The predicted octanol–water partition coefficient (Wildman–Crippen LogP) is 1.26. The van der Waals surface area contributed by atoms with Crippen molar-refractivity contribution in [3.05, 3.63) is 23.9 Å². The monoisotopic (exact) mass is 315 g/mol. The van der Waals surface area contributed by atoms with Crippen molar-refractivity contribution in [1.82, 2.24) is 4.98 Å². The average Bonchev–Trinajstić information content (AvgIpc) is 2.20. The van der Waals surface area contributed by atoms with Gasteiger partial charge in [0, 0.05) is 50.8 Å². The maximum Gasteiger partial charge on any atom is 0.0114 e. The third-order valence-electron chi connectivity index (χ3n) is 1.88. The van der Waals surface area contributed by atoms with Gasteiger partial charge in [-0.15, -0.1) is 11.6 Å². The van der Waals surface area contributed by atoms with Crippen LogP contribution in [0, 0.1) is 13.0 Å². The molecule has 1 aromatic rings. The van der Waals surface area contributed by atoms with Crippen molar-refractivity contribution in [1.29, 1.82) is 0 Å². The van der Waals surface area contributed by atoms with Gasteiger partial charge >= 0.3 is 0 Å². The van der Waals surface area contributed by atoms with Gasteiger partial charge in [-0.2, -0.15) is 6.07 Å². The summed E-state index contributed by atoms with van der Waals surface area (Å²) in [7, 11) is 0. The summed E-state index contributed by atoms with van der Waals surface area (Å²) in [5, 5.41) is 3.10. The molecule has 0 amide bonds. The molecule has 87 valence electrons. The Hall–Kier alpha value is 0.164. The smallest absolute Gasteiger partial charge is 0.0114 e. The number of unbranched alkanes of at least 4 members (excludes halogenated alkanes) is 1. The van der Waals surface area contributed by atoms with Crippen LogP contribution in [0.15, 0.2) is 12.3 Å². The van der Waals surface area contributed by atoms with Crippen molar-refractivity contribution in [2.45, 2.75) is 19.8 Å². The number of hydrogen-bond acceptors (Lipinski definition) is 4. The molecule has 0 saturated heterocycles. The van der Waals surface area contributed by atoms with E-state index in [1.165, 1.54) is 0 Å². The molecule has 0 aliphatic carbocycles. The maximum absolute atomic E-state index is 10.2. The Bertz CT molecular complexity index is 319. The average molecular weight is 315 g/mol. The van der Waals surface area contributed by atoms with Gasteiger partial charge in [-0.3, -0.25) is 4.21 Å². The number of nitrogens with zero attached hydrogens (tertiary/aromatic N) is 1. The van der Waals surface area contributed by atoms with E-state index in [1.807, 2.05) is 6.92 Å². The van der Waals surface area contributed by atoms with Gasteiger partial charge in [0.05, 0.1) is 0 Å². The number of hydrogen-bond donors (Lipinski definition) is 1. The fourth-order valence-electron chi connectivity index (χ4n) is 1.08. The Morgan fingerprint density at radius 2 is 2.31 bits per heavy atom. The molecule has 0 aromatic carbocycles. The Morgan fingerprint density at radius 3 is 2.88 bits per heavy atom. The predicted molar refractivity (Wildman–Crippen MR) is 59.3 cm³/mol. The molecule has 0 fully saturated rings. The largest absolute Gasteiger partial charge is 0.772 e.